The van der Waals surface area contributed by atoms with Crippen LogP contribution >= 0.6 is 0 Å². The monoisotopic (exact) mass is 308 g/mol. The van der Waals surface area contributed by atoms with E-state index in [-0.39, 0.29) is 24.5 Å². The van der Waals surface area contributed by atoms with E-state index in [1.54, 1.807) is 38.4 Å². The molecule has 0 spiro atoms. The quantitative estimate of drug-likeness (QED) is 0.786. The van der Waals surface area contributed by atoms with E-state index in [9.17, 15) is 9.59 Å². The maximum atomic E-state index is 12.3. The maximum Gasteiger partial charge on any atom is 0.259 e. The van der Waals surface area contributed by atoms with Crippen molar-refractivity contribution >= 4 is 11.8 Å². The Labute approximate surface area is 131 Å². The van der Waals surface area contributed by atoms with Crippen molar-refractivity contribution in [1.82, 2.24) is 10.2 Å². The zero-order valence-corrected chi connectivity index (χ0v) is 13.6. The predicted octanol–water partition coefficient (Wildman–Crippen LogP) is 1.31. The number of benzene rings is 1. The van der Waals surface area contributed by atoms with Crippen LogP contribution in [-0.4, -0.2) is 56.7 Å². The third kappa shape index (κ3) is 5.73. The van der Waals surface area contributed by atoms with E-state index in [0.717, 1.165) is 0 Å². The highest BCUT2D eigenvalue weighted by Crippen LogP contribution is 2.18. The molecule has 0 radical (unpaired) electrons. The Balaban J connectivity index is 2.70. The van der Waals surface area contributed by atoms with Gasteiger partial charge in [0.15, 0.2) is 6.61 Å². The molecule has 2 amide bonds. The topological polar surface area (TPSA) is 67.9 Å². The minimum Gasteiger partial charge on any atom is -0.483 e. The number of amides is 2. The Bertz CT molecular complexity index is 503. The summed E-state index contributed by atoms with van der Waals surface area (Å²) in [5.41, 5.74) is 0.400. The molecular weight excluding hydrogens is 284 g/mol. The lowest BCUT2D eigenvalue weighted by Crippen LogP contribution is -2.36. The summed E-state index contributed by atoms with van der Waals surface area (Å²) in [7, 11) is 3.30. The van der Waals surface area contributed by atoms with Gasteiger partial charge in [-0.1, -0.05) is 12.1 Å². The highest BCUT2D eigenvalue weighted by atomic mass is 16.5. The number of para-hydroxylation sites is 1. The van der Waals surface area contributed by atoms with Gasteiger partial charge in [0.1, 0.15) is 5.75 Å². The van der Waals surface area contributed by atoms with Crippen molar-refractivity contribution in [2.24, 2.45) is 0 Å². The molecule has 122 valence electrons. The number of hydrogen-bond donors (Lipinski definition) is 1. The standard InChI is InChI=1S/C16H24N2O4/c1-5-21-10-12(2)17-16(20)13-8-6-7-9-14(13)22-11-15(19)18(3)4/h6-9,12H,5,10-11H2,1-4H3,(H,17,20)/t12-/m0/s1. The summed E-state index contributed by atoms with van der Waals surface area (Å²) in [4.78, 5) is 25.3. The zero-order chi connectivity index (χ0) is 16.5. The zero-order valence-electron chi connectivity index (χ0n) is 13.6. The van der Waals surface area contributed by atoms with Crippen LogP contribution in [0.1, 0.15) is 24.2 Å². The van der Waals surface area contributed by atoms with E-state index in [2.05, 4.69) is 5.32 Å². The molecule has 0 aliphatic carbocycles. The van der Waals surface area contributed by atoms with E-state index < -0.39 is 0 Å². The normalized spacial score (nSPS) is 11.6. The Morgan fingerprint density at radius 3 is 2.59 bits per heavy atom. The molecule has 6 heteroatoms. The third-order valence-electron chi connectivity index (χ3n) is 2.93. The lowest BCUT2D eigenvalue weighted by molar-refractivity contribution is -0.130. The summed E-state index contributed by atoms with van der Waals surface area (Å²) in [5.74, 6) is -0.0289. The van der Waals surface area contributed by atoms with Crippen molar-refractivity contribution in [3.8, 4) is 5.75 Å². The second-order valence-electron chi connectivity index (χ2n) is 5.11. The molecule has 0 aliphatic heterocycles. The Morgan fingerprint density at radius 2 is 1.95 bits per heavy atom. The van der Waals surface area contributed by atoms with Gasteiger partial charge in [-0.2, -0.15) is 0 Å². The highest BCUT2D eigenvalue weighted by Gasteiger charge is 2.15. The molecule has 1 rings (SSSR count). The van der Waals surface area contributed by atoms with Crippen molar-refractivity contribution in [2.45, 2.75) is 19.9 Å². The first-order valence-corrected chi connectivity index (χ1v) is 7.26. The molecule has 0 unspecified atom stereocenters. The molecule has 0 fully saturated rings. The average molecular weight is 308 g/mol. The molecule has 1 aromatic rings. The molecule has 0 bridgehead atoms. The lowest BCUT2D eigenvalue weighted by Gasteiger charge is -2.16. The Kier molecular flexibility index (Phi) is 7.39. The minimum absolute atomic E-state index is 0.105. The van der Waals surface area contributed by atoms with Gasteiger partial charge in [-0.3, -0.25) is 9.59 Å². The fourth-order valence-corrected chi connectivity index (χ4v) is 1.69. The van der Waals surface area contributed by atoms with Gasteiger partial charge >= 0.3 is 0 Å². The van der Waals surface area contributed by atoms with Crippen molar-refractivity contribution in [3.05, 3.63) is 29.8 Å². The van der Waals surface area contributed by atoms with Crippen LogP contribution < -0.4 is 10.1 Å². The van der Waals surface area contributed by atoms with Gasteiger partial charge < -0.3 is 19.7 Å². The summed E-state index contributed by atoms with van der Waals surface area (Å²) in [6.45, 7) is 4.72. The molecule has 0 aromatic heterocycles. The first kappa shape index (κ1) is 18.0. The van der Waals surface area contributed by atoms with Crippen LogP contribution in [0.15, 0.2) is 24.3 Å². The van der Waals surface area contributed by atoms with Crippen LogP contribution in [0.4, 0.5) is 0 Å². The number of likely N-dealkylation sites (N-methyl/N-ethyl adjacent to an activating group) is 1. The third-order valence-corrected chi connectivity index (χ3v) is 2.93. The molecule has 0 heterocycles. The fraction of sp³-hybridized carbons (Fsp3) is 0.500. The lowest BCUT2D eigenvalue weighted by atomic mass is 10.1. The highest BCUT2D eigenvalue weighted by molar-refractivity contribution is 5.97. The van der Waals surface area contributed by atoms with Crippen LogP contribution in [0, 0.1) is 0 Å². The Hall–Kier alpha value is -2.08. The van der Waals surface area contributed by atoms with Crippen LogP contribution in [-0.2, 0) is 9.53 Å². The van der Waals surface area contributed by atoms with Crippen molar-refractivity contribution in [2.75, 3.05) is 33.9 Å². The molecule has 6 nitrogen and oxygen atoms in total. The second kappa shape index (κ2) is 9.04. The van der Waals surface area contributed by atoms with E-state index >= 15 is 0 Å². The molecule has 0 saturated carbocycles. The second-order valence-corrected chi connectivity index (χ2v) is 5.11. The van der Waals surface area contributed by atoms with Crippen LogP contribution in [0.25, 0.3) is 0 Å². The van der Waals surface area contributed by atoms with Gasteiger partial charge in [0.2, 0.25) is 0 Å². The molecule has 1 N–H and O–H groups in total. The van der Waals surface area contributed by atoms with Crippen LogP contribution in [0.5, 0.6) is 5.75 Å². The number of hydrogen-bond acceptors (Lipinski definition) is 4. The number of carbonyl (C=O) groups is 2. The van der Waals surface area contributed by atoms with Gasteiger partial charge in [0.25, 0.3) is 11.8 Å². The molecule has 22 heavy (non-hydrogen) atoms. The van der Waals surface area contributed by atoms with Crippen LogP contribution in [0.3, 0.4) is 0 Å². The van der Waals surface area contributed by atoms with Crippen molar-refractivity contribution in [1.29, 1.82) is 0 Å². The summed E-state index contributed by atoms with van der Waals surface area (Å²) in [6, 6.07) is 6.74. The smallest absolute Gasteiger partial charge is 0.259 e. The average Bonchev–Trinajstić information content (AvgIpc) is 2.50. The van der Waals surface area contributed by atoms with Gasteiger partial charge in [-0.15, -0.1) is 0 Å². The van der Waals surface area contributed by atoms with Gasteiger partial charge in [0.05, 0.1) is 12.2 Å². The number of ether oxygens (including phenoxy) is 2. The molecule has 0 aliphatic rings. The predicted molar refractivity (Wildman–Crippen MR) is 84.1 cm³/mol. The van der Waals surface area contributed by atoms with Gasteiger partial charge in [-0.25, -0.2) is 0 Å². The first-order chi connectivity index (χ1) is 10.5. The Morgan fingerprint density at radius 1 is 1.27 bits per heavy atom. The van der Waals surface area contributed by atoms with Crippen molar-refractivity contribution < 1.29 is 19.1 Å². The van der Waals surface area contributed by atoms with E-state index in [1.807, 2.05) is 13.8 Å². The van der Waals surface area contributed by atoms with E-state index in [4.69, 9.17) is 9.47 Å². The van der Waals surface area contributed by atoms with E-state index in [0.29, 0.717) is 24.5 Å². The fourth-order valence-electron chi connectivity index (χ4n) is 1.69. The molecular formula is C16H24N2O4. The van der Waals surface area contributed by atoms with Crippen molar-refractivity contribution in [3.63, 3.8) is 0 Å². The minimum atomic E-state index is -0.250. The summed E-state index contributed by atoms with van der Waals surface area (Å²) in [5, 5.41) is 2.84. The number of carbonyl (C=O) groups excluding carboxylic acids is 2. The summed E-state index contributed by atoms with van der Waals surface area (Å²) < 4.78 is 10.7. The first-order valence-electron chi connectivity index (χ1n) is 7.26. The number of nitrogens with zero attached hydrogens (tertiary/aromatic N) is 1. The van der Waals surface area contributed by atoms with Gasteiger partial charge in [0, 0.05) is 26.7 Å². The van der Waals surface area contributed by atoms with E-state index in [1.165, 1.54) is 4.90 Å². The SMILES string of the molecule is CCOC[C@H](C)NC(=O)c1ccccc1OCC(=O)N(C)C. The van der Waals surface area contributed by atoms with Gasteiger partial charge in [-0.05, 0) is 26.0 Å². The molecule has 0 saturated heterocycles. The molecule has 1 aromatic carbocycles. The molecule has 1 atom stereocenters. The number of rotatable bonds is 8. The largest absolute Gasteiger partial charge is 0.483 e. The maximum absolute atomic E-state index is 12.3. The number of nitrogens with one attached hydrogen (secondary N) is 1. The summed E-state index contributed by atoms with van der Waals surface area (Å²) >= 11 is 0. The van der Waals surface area contributed by atoms with Crippen LogP contribution in [0.2, 0.25) is 0 Å². The summed E-state index contributed by atoms with van der Waals surface area (Å²) in [6.07, 6.45) is 0.